The molecule has 3 nitrogen and oxygen atoms in total. The van der Waals surface area contributed by atoms with E-state index in [4.69, 9.17) is 0 Å². The number of fused-ring (bicyclic) bond motifs is 1. The predicted octanol–water partition coefficient (Wildman–Crippen LogP) is 3.35. The van der Waals surface area contributed by atoms with Crippen molar-refractivity contribution in [1.82, 2.24) is 9.80 Å². The van der Waals surface area contributed by atoms with Gasteiger partial charge in [0.15, 0.2) is 0 Å². The van der Waals surface area contributed by atoms with Gasteiger partial charge in [-0.1, -0.05) is 36.4 Å². The SMILES string of the molecule is CN1CCc2ccc(C(=O)N3CC[C@@H](c4ccccc4)C3)cc2CC1. The molecule has 4 rings (SSSR count). The second-order valence-corrected chi connectivity index (χ2v) is 7.43. The highest BCUT2D eigenvalue weighted by atomic mass is 16.2. The van der Waals surface area contributed by atoms with Crippen LogP contribution in [0.1, 0.15) is 39.4 Å². The molecule has 0 bridgehead atoms. The second kappa shape index (κ2) is 7.01. The lowest BCUT2D eigenvalue weighted by Gasteiger charge is -2.18. The van der Waals surface area contributed by atoms with Crippen LogP contribution in [-0.2, 0) is 12.8 Å². The largest absolute Gasteiger partial charge is 0.338 e. The summed E-state index contributed by atoms with van der Waals surface area (Å²) in [6.07, 6.45) is 3.19. The van der Waals surface area contributed by atoms with Crippen LogP contribution in [-0.4, -0.2) is 48.9 Å². The average Bonchev–Trinajstić information content (AvgIpc) is 3.07. The van der Waals surface area contributed by atoms with Crippen molar-refractivity contribution >= 4 is 5.91 Å². The van der Waals surface area contributed by atoms with E-state index < -0.39 is 0 Å². The lowest BCUT2D eigenvalue weighted by Crippen LogP contribution is -2.28. The smallest absolute Gasteiger partial charge is 0.253 e. The van der Waals surface area contributed by atoms with Crippen molar-refractivity contribution in [1.29, 1.82) is 0 Å². The molecule has 2 aliphatic rings. The Hall–Kier alpha value is -2.13. The molecule has 1 fully saturated rings. The Morgan fingerprint density at radius 3 is 2.52 bits per heavy atom. The molecule has 130 valence electrons. The highest BCUT2D eigenvalue weighted by Crippen LogP contribution is 2.28. The maximum atomic E-state index is 13.0. The standard InChI is InChI=1S/C22H26N2O/c1-23-12-9-18-7-8-20(15-19(18)10-13-23)22(25)24-14-11-21(16-24)17-5-3-2-4-6-17/h2-8,15,21H,9-14,16H2,1H3/t21-/m1/s1. The van der Waals surface area contributed by atoms with Crippen LogP contribution in [0, 0.1) is 0 Å². The van der Waals surface area contributed by atoms with Crippen LogP contribution >= 0.6 is 0 Å². The first-order valence-electron chi connectivity index (χ1n) is 9.35. The van der Waals surface area contributed by atoms with Crippen molar-refractivity contribution in [3.8, 4) is 0 Å². The van der Waals surface area contributed by atoms with E-state index in [9.17, 15) is 4.79 Å². The molecule has 0 aliphatic carbocycles. The second-order valence-electron chi connectivity index (χ2n) is 7.43. The van der Waals surface area contributed by atoms with Gasteiger partial charge in [0.05, 0.1) is 0 Å². The van der Waals surface area contributed by atoms with Crippen molar-refractivity contribution in [3.63, 3.8) is 0 Å². The molecule has 1 atom stereocenters. The summed E-state index contributed by atoms with van der Waals surface area (Å²) in [5.74, 6) is 0.665. The number of hydrogen-bond acceptors (Lipinski definition) is 2. The number of nitrogens with zero attached hydrogens (tertiary/aromatic N) is 2. The van der Waals surface area contributed by atoms with E-state index in [2.05, 4.69) is 54.4 Å². The van der Waals surface area contributed by atoms with E-state index in [-0.39, 0.29) is 5.91 Å². The normalized spacial score (nSPS) is 21.0. The van der Waals surface area contributed by atoms with Crippen molar-refractivity contribution in [2.75, 3.05) is 33.2 Å². The van der Waals surface area contributed by atoms with E-state index in [1.54, 1.807) is 0 Å². The van der Waals surface area contributed by atoms with Gasteiger partial charge >= 0.3 is 0 Å². The van der Waals surface area contributed by atoms with Crippen LogP contribution in [0.5, 0.6) is 0 Å². The highest BCUT2D eigenvalue weighted by Gasteiger charge is 2.28. The van der Waals surface area contributed by atoms with Crippen LogP contribution < -0.4 is 0 Å². The summed E-state index contributed by atoms with van der Waals surface area (Å²) in [6.45, 7) is 3.87. The van der Waals surface area contributed by atoms with E-state index in [1.807, 2.05) is 11.0 Å². The van der Waals surface area contributed by atoms with Gasteiger partial charge in [0.2, 0.25) is 0 Å². The molecular weight excluding hydrogens is 308 g/mol. The molecule has 0 unspecified atom stereocenters. The van der Waals surface area contributed by atoms with E-state index in [0.29, 0.717) is 5.92 Å². The molecule has 0 aromatic heterocycles. The molecule has 0 radical (unpaired) electrons. The fourth-order valence-electron chi connectivity index (χ4n) is 4.09. The zero-order valence-electron chi connectivity index (χ0n) is 14.9. The number of likely N-dealkylation sites (tertiary alicyclic amines) is 1. The third-order valence-electron chi connectivity index (χ3n) is 5.73. The van der Waals surface area contributed by atoms with E-state index in [1.165, 1.54) is 16.7 Å². The van der Waals surface area contributed by atoms with Gasteiger partial charge in [0, 0.05) is 37.7 Å². The highest BCUT2D eigenvalue weighted by molar-refractivity contribution is 5.94. The van der Waals surface area contributed by atoms with Crippen LogP contribution in [0.25, 0.3) is 0 Å². The van der Waals surface area contributed by atoms with Crippen molar-refractivity contribution < 1.29 is 4.79 Å². The van der Waals surface area contributed by atoms with Crippen molar-refractivity contribution in [3.05, 3.63) is 70.8 Å². The number of likely N-dealkylation sites (N-methyl/N-ethyl adjacent to an activating group) is 1. The molecule has 2 aromatic rings. The fraction of sp³-hybridized carbons (Fsp3) is 0.409. The maximum Gasteiger partial charge on any atom is 0.253 e. The summed E-state index contributed by atoms with van der Waals surface area (Å²) in [4.78, 5) is 17.4. The third-order valence-corrected chi connectivity index (χ3v) is 5.73. The minimum absolute atomic E-state index is 0.193. The number of benzene rings is 2. The number of rotatable bonds is 2. The van der Waals surface area contributed by atoms with Crippen molar-refractivity contribution in [2.24, 2.45) is 0 Å². The lowest BCUT2D eigenvalue weighted by atomic mass is 9.98. The zero-order valence-corrected chi connectivity index (χ0v) is 14.9. The topological polar surface area (TPSA) is 23.6 Å². The van der Waals surface area contributed by atoms with Crippen molar-refractivity contribution in [2.45, 2.75) is 25.2 Å². The minimum atomic E-state index is 0.193. The average molecular weight is 334 g/mol. The lowest BCUT2D eigenvalue weighted by molar-refractivity contribution is 0.0790. The first-order valence-corrected chi connectivity index (χ1v) is 9.35. The molecule has 2 heterocycles. The number of hydrogen-bond donors (Lipinski definition) is 0. The van der Waals surface area contributed by atoms with Gasteiger partial charge in [0.25, 0.3) is 5.91 Å². The molecule has 25 heavy (non-hydrogen) atoms. The zero-order chi connectivity index (χ0) is 17.2. The Balaban J connectivity index is 1.48. The first kappa shape index (κ1) is 16.3. The van der Waals surface area contributed by atoms with Gasteiger partial charge in [-0.25, -0.2) is 0 Å². The molecule has 2 aromatic carbocycles. The minimum Gasteiger partial charge on any atom is -0.338 e. The first-order chi connectivity index (χ1) is 12.2. The number of carbonyl (C=O) groups excluding carboxylic acids is 1. The fourth-order valence-corrected chi connectivity index (χ4v) is 4.09. The summed E-state index contributed by atoms with van der Waals surface area (Å²) >= 11 is 0. The number of amides is 1. The maximum absolute atomic E-state index is 13.0. The van der Waals surface area contributed by atoms with E-state index in [0.717, 1.165) is 51.0 Å². The summed E-state index contributed by atoms with van der Waals surface area (Å²) in [7, 11) is 2.17. The summed E-state index contributed by atoms with van der Waals surface area (Å²) < 4.78 is 0. The molecule has 0 spiro atoms. The summed E-state index contributed by atoms with van der Waals surface area (Å²) in [5, 5.41) is 0. The molecule has 0 N–H and O–H groups in total. The van der Waals surface area contributed by atoms with Gasteiger partial charge in [-0.3, -0.25) is 4.79 Å². The molecule has 0 saturated carbocycles. The molecule has 1 amide bonds. The van der Waals surface area contributed by atoms with Crippen LogP contribution in [0.3, 0.4) is 0 Å². The Morgan fingerprint density at radius 1 is 0.960 bits per heavy atom. The van der Waals surface area contributed by atoms with Gasteiger partial charge in [-0.05, 0) is 55.1 Å². The predicted molar refractivity (Wildman–Crippen MR) is 101 cm³/mol. The van der Waals surface area contributed by atoms with Gasteiger partial charge in [0.1, 0.15) is 0 Å². The molecule has 2 aliphatic heterocycles. The van der Waals surface area contributed by atoms with Gasteiger partial charge < -0.3 is 9.80 Å². The monoisotopic (exact) mass is 334 g/mol. The Morgan fingerprint density at radius 2 is 1.72 bits per heavy atom. The van der Waals surface area contributed by atoms with Crippen LogP contribution in [0.15, 0.2) is 48.5 Å². The van der Waals surface area contributed by atoms with E-state index >= 15 is 0 Å². The van der Waals surface area contributed by atoms with Gasteiger partial charge in [-0.15, -0.1) is 0 Å². The molecule has 1 saturated heterocycles. The quantitative estimate of drug-likeness (QED) is 0.841. The Bertz CT molecular complexity index is 756. The third kappa shape index (κ3) is 3.47. The Kier molecular flexibility index (Phi) is 4.58. The summed E-state index contributed by atoms with van der Waals surface area (Å²) in [6, 6.07) is 16.9. The van der Waals surface area contributed by atoms with Crippen LogP contribution in [0.2, 0.25) is 0 Å². The van der Waals surface area contributed by atoms with Gasteiger partial charge in [-0.2, -0.15) is 0 Å². The van der Waals surface area contributed by atoms with Crippen LogP contribution in [0.4, 0.5) is 0 Å². The number of carbonyl (C=O) groups is 1. The molecular formula is C22H26N2O. The Labute approximate surface area is 150 Å². The summed E-state index contributed by atoms with van der Waals surface area (Å²) in [5.41, 5.74) is 4.97. The molecule has 3 heteroatoms.